The van der Waals surface area contributed by atoms with Gasteiger partial charge in [-0.1, -0.05) is 6.92 Å². The Labute approximate surface area is 122 Å². The van der Waals surface area contributed by atoms with Gasteiger partial charge in [0.15, 0.2) is 5.78 Å². The molecule has 1 aromatic rings. The Morgan fingerprint density at radius 1 is 1.15 bits per heavy atom. The van der Waals surface area contributed by atoms with Gasteiger partial charge in [0.25, 0.3) is 0 Å². The summed E-state index contributed by atoms with van der Waals surface area (Å²) >= 11 is 0. The molecule has 0 atom stereocenters. The molecule has 0 amide bonds. The number of benzene rings is 1. The molecule has 0 saturated carbocycles. The van der Waals surface area contributed by atoms with E-state index >= 15 is 0 Å². The van der Waals surface area contributed by atoms with Gasteiger partial charge in [0.1, 0.15) is 5.75 Å². The van der Waals surface area contributed by atoms with Crippen LogP contribution in [-0.2, 0) is 0 Å². The number of Topliss-reactive ketones (excluding diaryl/α,β-unsaturated/α-hetero) is 1. The number of hydrogen-bond acceptors (Lipinski definition) is 4. The van der Waals surface area contributed by atoms with E-state index in [2.05, 4.69) is 30.8 Å². The third-order valence-corrected chi connectivity index (χ3v) is 3.31. The number of carbonyl (C=O) groups excluding carboxylic acids is 1. The molecule has 0 aliphatic carbocycles. The van der Waals surface area contributed by atoms with Crippen molar-refractivity contribution in [2.24, 2.45) is 0 Å². The van der Waals surface area contributed by atoms with E-state index in [9.17, 15) is 4.79 Å². The van der Waals surface area contributed by atoms with Gasteiger partial charge < -0.3 is 9.64 Å². The minimum Gasteiger partial charge on any atom is -0.497 e. The maximum absolute atomic E-state index is 12.2. The first-order chi connectivity index (χ1) is 9.56. The Kier molecular flexibility index (Phi) is 7.26. The van der Waals surface area contributed by atoms with Crippen molar-refractivity contribution in [3.05, 3.63) is 29.8 Å². The van der Waals surface area contributed by atoms with Crippen LogP contribution in [0.15, 0.2) is 24.3 Å². The molecule has 0 N–H and O–H groups in total. The first-order valence-corrected chi connectivity index (χ1v) is 7.11. The maximum atomic E-state index is 12.2. The summed E-state index contributed by atoms with van der Waals surface area (Å²) in [5.74, 6) is 0.944. The highest BCUT2D eigenvalue weighted by molar-refractivity contribution is 5.97. The lowest BCUT2D eigenvalue weighted by atomic mass is 10.1. The average molecular weight is 278 g/mol. The molecule has 0 aliphatic heterocycles. The molecule has 0 saturated heterocycles. The largest absolute Gasteiger partial charge is 0.497 e. The Hall–Kier alpha value is -1.39. The van der Waals surface area contributed by atoms with E-state index in [1.807, 2.05) is 24.3 Å². The minimum absolute atomic E-state index is 0.166. The molecule has 1 rings (SSSR count). The smallest absolute Gasteiger partial charge is 0.176 e. The zero-order chi connectivity index (χ0) is 15.0. The van der Waals surface area contributed by atoms with E-state index in [0.29, 0.717) is 6.54 Å². The molecular formula is C16H26N2O2. The molecule has 1 aromatic carbocycles. The molecule has 0 unspecified atom stereocenters. The van der Waals surface area contributed by atoms with Crippen LogP contribution in [0.25, 0.3) is 0 Å². The summed E-state index contributed by atoms with van der Waals surface area (Å²) in [7, 11) is 5.76. The van der Waals surface area contributed by atoms with E-state index in [-0.39, 0.29) is 5.78 Å². The lowest BCUT2D eigenvalue weighted by Crippen LogP contribution is -2.32. The summed E-state index contributed by atoms with van der Waals surface area (Å²) in [4.78, 5) is 16.6. The van der Waals surface area contributed by atoms with Crippen LogP contribution in [0, 0.1) is 0 Å². The van der Waals surface area contributed by atoms with Crippen molar-refractivity contribution >= 4 is 5.78 Å². The fraction of sp³-hybridized carbons (Fsp3) is 0.562. The van der Waals surface area contributed by atoms with Crippen molar-refractivity contribution in [3.63, 3.8) is 0 Å². The van der Waals surface area contributed by atoms with Crippen molar-refractivity contribution in [2.45, 2.75) is 13.3 Å². The van der Waals surface area contributed by atoms with Crippen molar-refractivity contribution in [1.82, 2.24) is 9.80 Å². The number of rotatable bonds is 9. The molecular weight excluding hydrogens is 252 g/mol. The molecule has 112 valence electrons. The number of carbonyl (C=O) groups is 1. The predicted octanol–water partition coefficient (Wildman–Crippen LogP) is 2.15. The second kappa shape index (κ2) is 8.72. The number of ketones is 1. The molecule has 0 spiro atoms. The van der Waals surface area contributed by atoms with Crippen LogP contribution in [0.2, 0.25) is 0 Å². The van der Waals surface area contributed by atoms with Gasteiger partial charge in [0.2, 0.25) is 0 Å². The van der Waals surface area contributed by atoms with Gasteiger partial charge in [-0.3, -0.25) is 9.69 Å². The van der Waals surface area contributed by atoms with Crippen LogP contribution < -0.4 is 4.74 Å². The Balaban J connectivity index is 2.48. The van der Waals surface area contributed by atoms with Gasteiger partial charge in [0, 0.05) is 5.56 Å². The number of nitrogens with zero attached hydrogens (tertiary/aromatic N) is 2. The van der Waals surface area contributed by atoms with Crippen molar-refractivity contribution < 1.29 is 9.53 Å². The normalized spacial score (nSPS) is 11.1. The van der Waals surface area contributed by atoms with Crippen LogP contribution in [-0.4, -0.2) is 63.0 Å². The van der Waals surface area contributed by atoms with Gasteiger partial charge in [-0.2, -0.15) is 0 Å². The molecule has 4 heteroatoms. The summed E-state index contributed by atoms with van der Waals surface area (Å²) in [6, 6.07) is 7.31. The fourth-order valence-corrected chi connectivity index (χ4v) is 2.03. The summed E-state index contributed by atoms with van der Waals surface area (Å²) in [5.41, 5.74) is 0.747. The molecule has 0 heterocycles. The summed E-state index contributed by atoms with van der Waals surface area (Å²) < 4.78 is 5.10. The van der Waals surface area contributed by atoms with Crippen LogP contribution in [0.5, 0.6) is 5.75 Å². The van der Waals surface area contributed by atoms with Gasteiger partial charge in [0.05, 0.1) is 13.7 Å². The Bertz CT molecular complexity index is 401. The lowest BCUT2D eigenvalue weighted by Gasteiger charge is -2.20. The summed E-state index contributed by atoms with van der Waals surface area (Å²) in [6.07, 6.45) is 1.08. The number of methoxy groups -OCH3 is 1. The standard InChI is InChI=1S/C16H26N2O2/c1-5-18(12-6-11-17(2)3)13-16(19)14-7-9-15(20-4)10-8-14/h7-10H,5-6,11-13H2,1-4H3. The van der Waals surface area contributed by atoms with Crippen molar-refractivity contribution in [2.75, 3.05) is 47.4 Å². The minimum atomic E-state index is 0.166. The Morgan fingerprint density at radius 2 is 1.80 bits per heavy atom. The van der Waals surface area contributed by atoms with Crippen LogP contribution >= 0.6 is 0 Å². The highest BCUT2D eigenvalue weighted by Gasteiger charge is 2.11. The Morgan fingerprint density at radius 3 is 2.30 bits per heavy atom. The first-order valence-electron chi connectivity index (χ1n) is 7.11. The van der Waals surface area contributed by atoms with Gasteiger partial charge >= 0.3 is 0 Å². The summed E-state index contributed by atoms with van der Waals surface area (Å²) in [5, 5.41) is 0. The topological polar surface area (TPSA) is 32.8 Å². The predicted molar refractivity (Wildman–Crippen MR) is 82.6 cm³/mol. The van der Waals surface area contributed by atoms with E-state index in [1.54, 1.807) is 7.11 Å². The lowest BCUT2D eigenvalue weighted by molar-refractivity contribution is 0.0932. The van der Waals surface area contributed by atoms with Gasteiger partial charge in [-0.25, -0.2) is 0 Å². The van der Waals surface area contributed by atoms with Crippen LogP contribution in [0.3, 0.4) is 0 Å². The zero-order valence-corrected chi connectivity index (χ0v) is 13.1. The number of ether oxygens (including phenoxy) is 1. The van der Waals surface area contributed by atoms with Gasteiger partial charge in [-0.15, -0.1) is 0 Å². The highest BCUT2D eigenvalue weighted by Crippen LogP contribution is 2.12. The second-order valence-electron chi connectivity index (χ2n) is 5.18. The molecule has 0 fully saturated rings. The molecule has 0 aliphatic rings. The van der Waals surface area contributed by atoms with Crippen LogP contribution in [0.4, 0.5) is 0 Å². The fourth-order valence-electron chi connectivity index (χ4n) is 2.03. The number of likely N-dealkylation sites (N-methyl/N-ethyl adjacent to an activating group) is 1. The van der Waals surface area contributed by atoms with E-state index < -0.39 is 0 Å². The van der Waals surface area contributed by atoms with E-state index in [0.717, 1.165) is 37.4 Å². The third kappa shape index (κ3) is 5.72. The van der Waals surface area contributed by atoms with E-state index in [1.165, 1.54) is 0 Å². The van der Waals surface area contributed by atoms with Gasteiger partial charge in [-0.05, 0) is 64.4 Å². The second-order valence-corrected chi connectivity index (χ2v) is 5.18. The monoisotopic (exact) mass is 278 g/mol. The van der Waals surface area contributed by atoms with Crippen LogP contribution in [0.1, 0.15) is 23.7 Å². The molecule has 0 bridgehead atoms. The molecule has 20 heavy (non-hydrogen) atoms. The first kappa shape index (κ1) is 16.7. The molecule has 0 radical (unpaired) electrons. The molecule has 4 nitrogen and oxygen atoms in total. The van der Waals surface area contributed by atoms with Crippen molar-refractivity contribution in [1.29, 1.82) is 0 Å². The quantitative estimate of drug-likeness (QED) is 0.648. The molecule has 0 aromatic heterocycles. The highest BCUT2D eigenvalue weighted by atomic mass is 16.5. The SMILES string of the molecule is CCN(CCCN(C)C)CC(=O)c1ccc(OC)cc1. The maximum Gasteiger partial charge on any atom is 0.176 e. The number of hydrogen-bond donors (Lipinski definition) is 0. The third-order valence-electron chi connectivity index (χ3n) is 3.31. The average Bonchev–Trinajstić information content (AvgIpc) is 2.45. The summed E-state index contributed by atoms with van der Waals surface area (Å²) in [6.45, 7) is 5.48. The van der Waals surface area contributed by atoms with Crippen molar-refractivity contribution in [3.8, 4) is 5.75 Å². The zero-order valence-electron chi connectivity index (χ0n) is 13.1. The van der Waals surface area contributed by atoms with E-state index in [4.69, 9.17) is 4.74 Å².